The molecule has 1 aliphatic rings. The number of hydrogen-bond donors (Lipinski definition) is 5. The number of rotatable bonds is 14. The van der Waals surface area contributed by atoms with Gasteiger partial charge >= 0.3 is 0 Å². The highest BCUT2D eigenvalue weighted by atomic mass is 16.6. The summed E-state index contributed by atoms with van der Waals surface area (Å²) in [5, 5.41) is 17.6. The van der Waals surface area contributed by atoms with Crippen molar-refractivity contribution in [1.82, 2.24) is 16.0 Å². The summed E-state index contributed by atoms with van der Waals surface area (Å²) in [6.45, 7) is 4.17. The van der Waals surface area contributed by atoms with Crippen molar-refractivity contribution < 1.29 is 29.0 Å². The van der Waals surface area contributed by atoms with Gasteiger partial charge in [-0.05, 0) is 53.1 Å². The summed E-state index contributed by atoms with van der Waals surface area (Å²) in [5.41, 5.74) is 9.53. The molecule has 0 unspecified atom stereocenters. The van der Waals surface area contributed by atoms with Gasteiger partial charge in [0.05, 0.1) is 0 Å². The van der Waals surface area contributed by atoms with E-state index in [1.54, 1.807) is 12.1 Å². The Labute approximate surface area is 251 Å². The van der Waals surface area contributed by atoms with E-state index >= 15 is 0 Å². The zero-order chi connectivity index (χ0) is 30.9. The number of benzene rings is 3. The third kappa shape index (κ3) is 9.14. The number of carbonyl (C=O) groups is 4. The first-order valence-electron chi connectivity index (χ1n) is 14.4. The number of hydrogen-bond acceptors (Lipinski definition) is 6. The van der Waals surface area contributed by atoms with E-state index in [4.69, 9.17) is 10.5 Å². The second-order valence-electron chi connectivity index (χ2n) is 11.1. The number of amides is 4. The number of nitrogens with one attached hydrogen (secondary N) is 3. The molecule has 0 saturated carbocycles. The van der Waals surface area contributed by atoms with Gasteiger partial charge in [-0.1, -0.05) is 80.6 Å². The van der Waals surface area contributed by atoms with Crippen molar-refractivity contribution in [3.05, 3.63) is 90.0 Å². The maximum Gasteiger partial charge on any atom is 0.253 e. The molecule has 10 heteroatoms. The van der Waals surface area contributed by atoms with Crippen LogP contribution in [0.2, 0.25) is 0 Å². The molecular weight excluding hydrogens is 548 g/mol. The van der Waals surface area contributed by atoms with Gasteiger partial charge < -0.3 is 31.5 Å². The highest BCUT2D eigenvalue weighted by Crippen LogP contribution is 2.23. The lowest BCUT2D eigenvalue weighted by atomic mass is 10.0. The molecule has 43 heavy (non-hydrogen) atoms. The van der Waals surface area contributed by atoms with Gasteiger partial charge in [0.1, 0.15) is 17.8 Å². The number of ether oxygens (including phenoxy) is 1. The lowest BCUT2D eigenvalue weighted by Gasteiger charge is -2.23. The predicted molar refractivity (Wildman–Crippen MR) is 162 cm³/mol. The first-order chi connectivity index (χ1) is 20.6. The Morgan fingerprint density at radius 1 is 0.791 bits per heavy atom. The molecule has 1 heterocycles. The van der Waals surface area contributed by atoms with E-state index in [0.29, 0.717) is 24.9 Å². The zero-order valence-corrected chi connectivity index (χ0v) is 24.3. The number of aromatic hydroxyl groups is 1. The SMILES string of the molecule is CC(C)C[C@H](NC(=O)[C@H]1O[C@@H]1C(=O)NCCc1ccc(-c2ccccc2)cc1)C(=O)N[C@@H](Cc1ccc(O)cc1)C(N)=O. The molecule has 3 aromatic rings. The van der Waals surface area contributed by atoms with Gasteiger partial charge in [0.15, 0.2) is 12.2 Å². The van der Waals surface area contributed by atoms with Crippen LogP contribution in [-0.4, -0.2) is 59.6 Å². The van der Waals surface area contributed by atoms with Crippen LogP contribution in [0.5, 0.6) is 5.75 Å². The average molecular weight is 587 g/mol. The van der Waals surface area contributed by atoms with E-state index in [1.807, 2.05) is 68.4 Å². The fraction of sp³-hybridized carbons (Fsp3) is 0.333. The maximum absolute atomic E-state index is 13.1. The fourth-order valence-corrected chi connectivity index (χ4v) is 4.76. The minimum atomic E-state index is -1.02. The summed E-state index contributed by atoms with van der Waals surface area (Å²) >= 11 is 0. The van der Waals surface area contributed by atoms with E-state index in [0.717, 1.165) is 16.7 Å². The van der Waals surface area contributed by atoms with Crippen LogP contribution in [0.4, 0.5) is 0 Å². The third-order valence-electron chi connectivity index (χ3n) is 7.16. The predicted octanol–water partition coefficient (Wildman–Crippen LogP) is 2.23. The molecule has 0 radical (unpaired) electrons. The lowest BCUT2D eigenvalue weighted by molar-refractivity contribution is -0.132. The van der Waals surface area contributed by atoms with Crippen LogP contribution in [0.1, 0.15) is 31.4 Å². The van der Waals surface area contributed by atoms with Gasteiger partial charge in [-0.3, -0.25) is 19.2 Å². The number of phenolic OH excluding ortho intramolecular Hbond substituents is 1. The first-order valence-corrected chi connectivity index (χ1v) is 14.4. The molecule has 226 valence electrons. The minimum absolute atomic E-state index is 0.0427. The largest absolute Gasteiger partial charge is 0.508 e. The standard InChI is InChI=1S/C33H38N4O6/c1-20(2)18-27(31(40)36-26(30(34)39)19-22-10-14-25(38)15-11-22)37-33(42)29-28(43-29)32(41)35-17-16-21-8-12-24(13-9-21)23-6-4-3-5-7-23/h3-15,20,26-29,38H,16-19H2,1-2H3,(H2,34,39)(H,35,41)(H,36,40)(H,37,42)/t26-,27-,28-,29-/m0/s1. The first kappa shape index (κ1) is 31.2. The number of carbonyl (C=O) groups excluding carboxylic acids is 4. The van der Waals surface area contributed by atoms with Crippen LogP contribution in [0.15, 0.2) is 78.9 Å². The van der Waals surface area contributed by atoms with Crippen molar-refractivity contribution >= 4 is 23.6 Å². The van der Waals surface area contributed by atoms with Crippen LogP contribution in [0, 0.1) is 5.92 Å². The third-order valence-corrected chi connectivity index (χ3v) is 7.16. The zero-order valence-electron chi connectivity index (χ0n) is 24.3. The van der Waals surface area contributed by atoms with E-state index in [-0.39, 0.29) is 18.1 Å². The van der Waals surface area contributed by atoms with Crippen molar-refractivity contribution in [2.75, 3.05) is 6.54 Å². The van der Waals surface area contributed by atoms with Crippen molar-refractivity contribution in [3.63, 3.8) is 0 Å². The monoisotopic (exact) mass is 586 g/mol. The molecule has 1 aliphatic heterocycles. The molecule has 4 rings (SSSR count). The molecule has 1 fully saturated rings. The molecule has 10 nitrogen and oxygen atoms in total. The summed E-state index contributed by atoms with van der Waals surface area (Å²) < 4.78 is 5.35. The second kappa shape index (κ2) is 14.5. The molecule has 3 aromatic carbocycles. The Morgan fingerprint density at radius 3 is 2.02 bits per heavy atom. The van der Waals surface area contributed by atoms with Gasteiger partial charge in [-0.2, -0.15) is 0 Å². The number of phenols is 1. The topological polar surface area (TPSA) is 163 Å². The van der Waals surface area contributed by atoms with E-state index in [2.05, 4.69) is 16.0 Å². The normalized spacial score (nSPS) is 17.0. The average Bonchev–Trinajstić information content (AvgIpc) is 3.79. The van der Waals surface area contributed by atoms with Gasteiger partial charge in [0.25, 0.3) is 11.8 Å². The van der Waals surface area contributed by atoms with Crippen LogP contribution in [0.3, 0.4) is 0 Å². The highest BCUT2D eigenvalue weighted by molar-refractivity contribution is 5.97. The molecular formula is C33H38N4O6. The molecule has 6 N–H and O–H groups in total. The molecule has 0 aliphatic carbocycles. The van der Waals surface area contributed by atoms with Gasteiger partial charge in [0, 0.05) is 13.0 Å². The number of primary amides is 1. The molecule has 0 spiro atoms. The van der Waals surface area contributed by atoms with E-state index < -0.39 is 47.9 Å². The smallest absolute Gasteiger partial charge is 0.253 e. The highest BCUT2D eigenvalue weighted by Gasteiger charge is 2.51. The Kier molecular flexibility index (Phi) is 10.5. The minimum Gasteiger partial charge on any atom is -0.508 e. The summed E-state index contributed by atoms with van der Waals surface area (Å²) in [6.07, 6.45) is -0.900. The summed E-state index contributed by atoms with van der Waals surface area (Å²) in [6, 6.07) is 22.4. The summed E-state index contributed by atoms with van der Waals surface area (Å²) in [7, 11) is 0. The van der Waals surface area contributed by atoms with Crippen molar-refractivity contribution in [2.24, 2.45) is 11.7 Å². The molecule has 4 amide bonds. The second-order valence-corrected chi connectivity index (χ2v) is 11.1. The van der Waals surface area contributed by atoms with Gasteiger partial charge in [-0.25, -0.2) is 0 Å². The van der Waals surface area contributed by atoms with Gasteiger partial charge in [-0.15, -0.1) is 0 Å². The Bertz CT molecular complexity index is 1410. The molecule has 0 aromatic heterocycles. The van der Waals surface area contributed by atoms with Crippen molar-refractivity contribution in [2.45, 2.75) is 57.4 Å². The Morgan fingerprint density at radius 2 is 1.40 bits per heavy atom. The van der Waals surface area contributed by atoms with Crippen LogP contribution < -0.4 is 21.7 Å². The molecule has 1 saturated heterocycles. The van der Waals surface area contributed by atoms with E-state index in [1.165, 1.54) is 12.1 Å². The Balaban J connectivity index is 1.25. The van der Waals surface area contributed by atoms with Crippen molar-refractivity contribution in [3.8, 4) is 16.9 Å². The number of nitrogens with two attached hydrogens (primary N) is 1. The summed E-state index contributed by atoms with van der Waals surface area (Å²) in [5.74, 6) is -2.15. The Hall–Kier alpha value is -4.70. The number of epoxide rings is 1. The van der Waals surface area contributed by atoms with Crippen molar-refractivity contribution in [1.29, 1.82) is 0 Å². The molecule has 4 atom stereocenters. The molecule has 0 bridgehead atoms. The van der Waals surface area contributed by atoms with Crippen LogP contribution >= 0.6 is 0 Å². The van der Waals surface area contributed by atoms with Crippen LogP contribution in [0.25, 0.3) is 11.1 Å². The van der Waals surface area contributed by atoms with E-state index in [9.17, 15) is 24.3 Å². The maximum atomic E-state index is 13.1. The van der Waals surface area contributed by atoms with Gasteiger partial charge in [0.2, 0.25) is 11.8 Å². The van der Waals surface area contributed by atoms with Crippen LogP contribution in [-0.2, 0) is 36.8 Å². The summed E-state index contributed by atoms with van der Waals surface area (Å²) in [4.78, 5) is 50.7. The fourth-order valence-electron chi connectivity index (χ4n) is 4.76. The lowest BCUT2D eigenvalue weighted by Crippen LogP contribution is -2.54. The quantitative estimate of drug-likeness (QED) is 0.182.